The maximum atomic E-state index is 11.8. The van der Waals surface area contributed by atoms with Gasteiger partial charge in [-0.15, -0.1) is 0 Å². The van der Waals surface area contributed by atoms with Gasteiger partial charge in [-0.2, -0.15) is 0 Å². The summed E-state index contributed by atoms with van der Waals surface area (Å²) in [4.78, 5) is 25.1. The van der Waals surface area contributed by atoms with Crippen LogP contribution in [0.4, 0.5) is 0 Å². The van der Waals surface area contributed by atoms with E-state index < -0.39 is 5.60 Å². The molecule has 1 fully saturated rings. The number of nitrogens with zero attached hydrogens (tertiary/aromatic N) is 1. The Morgan fingerprint density at radius 3 is 2.67 bits per heavy atom. The quantitative estimate of drug-likeness (QED) is 0.605. The van der Waals surface area contributed by atoms with Crippen LogP contribution in [-0.4, -0.2) is 50.7 Å². The summed E-state index contributed by atoms with van der Waals surface area (Å²) in [6.07, 6.45) is 0.564. The van der Waals surface area contributed by atoms with Crippen molar-refractivity contribution in [2.24, 2.45) is 5.92 Å². The van der Waals surface area contributed by atoms with Crippen LogP contribution in [0.25, 0.3) is 0 Å². The zero-order valence-electron chi connectivity index (χ0n) is 14.7. The number of carbonyl (C=O) groups excluding carboxylic acids is 2. The van der Waals surface area contributed by atoms with E-state index in [-0.39, 0.29) is 17.9 Å². The molecule has 1 aromatic rings. The zero-order chi connectivity index (χ0) is 17.7. The smallest absolute Gasteiger partial charge is 0.308 e. The van der Waals surface area contributed by atoms with E-state index in [0.717, 1.165) is 5.56 Å². The Morgan fingerprint density at radius 1 is 1.29 bits per heavy atom. The van der Waals surface area contributed by atoms with E-state index in [0.29, 0.717) is 31.9 Å². The molecule has 6 nitrogen and oxygen atoms in total. The van der Waals surface area contributed by atoms with E-state index in [9.17, 15) is 9.59 Å². The number of hydrogen-bond acceptors (Lipinski definition) is 6. The fourth-order valence-corrected chi connectivity index (χ4v) is 3.25. The van der Waals surface area contributed by atoms with Gasteiger partial charge < -0.3 is 19.1 Å². The van der Waals surface area contributed by atoms with Crippen LogP contribution in [0.5, 0.6) is 5.75 Å². The largest absolute Gasteiger partial charge is 0.454 e. The van der Waals surface area contributed by atoms with Gasteiger partial charge in [-0.05, 0) is 31.8 Å². The third kappa shape index (κ3) is 4.33. The van der Waals surface area contributed by atoms with Crippen molar-refractivity contribution in [3.8, 4) is 5.75 Å². The van der Waals surface area contributed by atoms with Gasteiger partial charge in [0.15, 0.2) is 0 Å². The molecule has 0 bridgehead atoms. The summed E-state index contributed by atoms with van der Waals surface area (Å²) in [7, 11) is 3.95. The Balaban J connectivity index is 2.45. The first-order valence-electron chi connectivity index (χ1n) is 8.04. The summed E-state index contributed by atoms with van der Waals surface area (Å²) in [5.41, 5.74) is 0.0384. The van der Waals surface area contributed by atoms with E-state index in [1.54, 1.807) is 18.2 Å². The van der Waals surface area contributed by atoms with E-state index >= 15 is 0 Å². The minimum atomic E-state index is -0.787. The monoisotopic (exact) mass is 335 g/mol. The standard InChI is InChI=1S/C18H25NO5/c1-13(20)23-17-7-5-6-15(10-17)18(24-14(2)21)8-9-22-12-16(18)11-19(3)4/h5-7,10,16H,8-9,11-12H2,1-4H3/t16-,18+/m1/s1. The molecule has 2 atom stereocenters. The van der Waals surface area contributed by atoms with Gasteiger partial charge >= 0.3 is 11.9 Å². The Morgan fingerprint density at radius 2 is 2.04 bits per heavy atom. The summed E-state index contributed by atoms with van der Waals surface area (Å²) in [6.45, 7) is 4.50. The lowest BCUT2D eigenvalue weighted by molar-refractivity contribution is -0.184. The van der Waals surface area contributed by atoms with Crippen molar-refractivity contribution in [1.29, 1.82) is 0 Å². The van der Waals surface area contributed by atoms with Crippen molar-refractivity contribution in [2.75, 3.05) is 33.9 Å². The molecule has 0 aliphatic carbocycles. The average molecular weight is 335 g/mol. The van der Waals surface area contributed by atoms with Crippen LogP contribution >= 0.6 is 0 Å². The van der Waals surface area contributed by atoms with Crippen LogP contribution in [0.15, 0.2) is 24.3 Å². The van der Waals surface area contributed by atoms with E-state index in [2.05, 4.69) is 0 Å². The summed E-state index contributed by atoms with van der Waals surface area (Å²) in [6, 6.07) is 7.20. The molecule has 0 amide bonds. The molecule has 132 valence electrons. The molecular formula is C18H25NO5. The molecule has 1 aliphatic heterocycles. The SMILES string of the molecule is CC(=O)Oc1cccc([C@@]2(OC(C)=O)CCOC[C@H]2CN(C)C)c1. The highest BCUT2D eigenvalue weighted by molar-refractivity contribution is 5.69. The number of esters is 2. The number of carbonyl (C=O) groups is 2. The molecule has 0 radical (unpaired) electrons. The topological polar surface area (TPSA) is 65.1 Å². The van der Waals surface area contributed by atoms with Crippen LogP contribution in [0.3, 0.4) is 0 Å². The van der Waals surface area contributed by atoms with Crippen LogP contribution in [0.2, 0.25) is 0 Å². The number of benzene rings is 1. The molecule has 0 unspecified atom stereocenters. The minimum absolute atomic E-state index is 0.0160. The van der Waals surface area contributed by atoms with Gasteiger partial charge in [-0.1, -0.05) is 12.1 Å². The van der Waals surface area contributed by atoms with Crippen molar-refractivity contribution in [2.45, 2.75) is 25.9 Å². The van der Waals surface area contributed by atoms with Crippen molar-refractivity contribution < 1.29 is 23.8 Å². The van der Waals surface area contributed by atoms with Gasteiger partial charge in [0, 0.05) is 32.7 Å². The zero-order valence-corrected chi connectivity index (χ0v) is 14.7. The Bertz CT molecular complexity index is 601. The second-order valence-electron chi connectivity index (χ2n) is 6.39. The lowest BCUT2D eigenvalue weighted by Gasteiger charge is -2.44. The molecule has 0 spiro atoms. The van der Waals surface area contributed by atoms with Gasteiger partial charge in [0.2, 0.25) is 0 Å². The second kappa shape index (κ2) is 7.77. The highest BCUT2D eigenvalue weighted by atomic mass is 16.6. The first-order chi connectivity index (χ1) is 11.3. The van der Waals surface area contributed by atoms with Gasteiger partial charge in [-0.3, -0.25) is 9.59 Å². The molecule has 0 N–H and O–H groups in total. The maximum absolute atomic E-state index is 11.8. The fraction of sp³-hybridized carbons (Fsp3) is 0.556. The maximum Gasteiger partial charge on any atom is 0.308 e. The number of ether oxygens (including phenoxy) is 3. The molecule has 1 aromatic carbocycles. The van der Waals surface area contributed by atoms with Gasteiger partial charge in [0.1, 0.15) is 11.4 Å². The molecule has 1 heterocycles. The normalized spacial score (nSPS) is 23.8. The predicted molar refractivity (Wildman–Crippen MR) is 88.7 cm³/mol. The molecule has 6 heteroatoms. The molecule has 2 rings (SSSR count). The summed E-state index contributed by atoms with van der Waals surface area (Å²) in [5, 5.41) is 0. The highest BCUT2D eigenvalue weighted by Gasteiger charge is 2.46. The molecule has 0 saturated carbocycles. The summed E-state index contributed by atoms with van der Waals surface area (Å²) < 4.78 is 16.7. The second-order valence-corrected chi connectivity index (χ2v) is 6.39. The third-order valence-corrected chi connectivity index (χ3v) is 4.09. The minimum Gasteiger partial charge on any atom is -0.454 e. The molecule has 24 heavy (non-hydrogen) atoms. The van der Waals surface area contributed by atoms with E-state index in [1.165, 1.54) is 13.8 Å². The third-order valence-electron chi connectivity index (χ3n) is 4.09. The van der Waals surface area contributed by atoms with Crippen LogP contribution in [0.1, 0.15) is 25.8 Å². The Hall–Kier alpha value is -1.92. The Kier molecular flexibility index (Phi) is 5.96. The van der Waals surface area contributed by atoms with Crippen molar-refractivity contribution in [3.05, 3.63) is 29.8 Å². The van der Waals surface area contributed by atoms with E-state index in [4.69, 9.17) is 14.2 Å². The van der Waals surface area contributed by atoms with Crippen LogP contribution in [-0.2, 0) is 24.7 Å². The lowest BCUT2D eigenvalue weighted by atomic mass is 9.77. The van der Waals surface area contributed by atoms with Crippen molar-refractivity contribution >= 4 is 11.9 Å². The summed E-state index contributed by atoms with van der Waals surface area (Å²) >= 11 is 0. The first kappa shape index (κ1) is 18.4. The number of rotatable bonds is 5. The van der Waals surface area contributed by atoms with Crippen LogP contribution in [0, 0.1) is 5.92 Å². The van der Waals surface area contributed by atoms with Gasteiger partial charge in [0.25, 0.3) is 0 Å². The highest BCUT2D eigenvalue weighted by Crippen LogP contribution is 2.42. The number of hydrogen-bond donors (Lipinski definition) is 0. The lowest BCUT2D eigenvalue weighted by Crippen LogP contribution is -2.49. The van der Waals surface area contributed by atoms with Crippen molar-refractivity contribution in [1.82, 2.24) is 4.90 Å². The van der Waals surface area contributed by atoms with Crippen molar-refractivity contribution in [3.63, 3.8) is 0 Å². The molecular weight excluding hydrogens is 310 g/mol. The molecule has 1 saturated heterocycles. The summed E-state index contributed by atoms with van der Waals surface area (Å²) in [5.74, 6) is -0.289. The van der Waals surface area contributed by atoms with Gasteiger partial charge in [0.05, 0.1) is 13.2 Å². The Labute approximate surface area is 142 Å². The first-order valence-corrected chi connectivity index (χ1v) is 8.04. The fourth-order valence-electron chi connectivity index (χ4n) is 3.25. The van der Waals surface area contributed by atoms with Crippen LogP contribution < -0.4 is 4.74 Å². The molecule has 1 aliphatic rings. The molecule has 0 aromatic heterocycles. The van der Waals surface area contributed by atoms with E-state index in [1.807, 2.05) is 25.1 Å². The average Bonchev–Trinajstić information content (AvgIpc) is 2.48. The predicted octanol–water partition coefficient (Wildman–Crippen LogP) is 1.97. The van der Waals surface area contributed by atoms with Gasteiger partial charge in [-0.25, -0.2) is 0 Å².